The molecule has 0 spiro atoms. The predicted molar refractivity (Wildman–Crippen MR) is 101 cm³/mol. The highest BCUT2D eigenvalue weighted by atomic mass is 16.6. The molecule has 28 heavy (non-hydrogen) atoms. The summed E-state index contributed by atoms with van der Waals surface area (Å²) in [6, 6.07) is 10.1. The molecule has 0 bridgehead atoms. The van der Waals surface area contributed by atoms with Crippen molar-refractivity contribution in [2.75, 3.05) is 32.8 Å². The van der Waals surface area contributed by atoms with Gasteiger partial charge in [0.25, 0.3) is 5.91 Å². The number of rotatable bonds is 3. The molecule has 2 aromatic rings. The molecule has 0 saturated carbocycles. The van der Waals surface area contributed by atoms with E-state index in [0.717, 1.165) is 29.8 Å². The highest BCUT2D eigenvalue weighted by Crippen LogP contribution is 2.33. The van der Waals surface area contributed by atoms with E-state index in [1.165, 1.54) is 0 Å². The largest absolute Gasteiger partial charge is 0.447 e. The maximum Gasteiger partial charge on any atom is 0.410 e. The number of amides is 2. The summed E-state index contributed by atoms with van der Waals surface area (Å²) in [4.78, 5) is 29.2. The van der Waals surface area contributed by atoms with Crippen molar-refractivity contribution in [1.82, 2.24) is 25.3 Å². The van der Waals surface area contributed by atoms with Gasteiger partial charge < -0.3 is 15.0 Å². The van der Waals surface area contributed by atoms with Crippen LogP contribution in [0.4, 0.5) is 4.79 Å². The normalized spacial score (nSPS) is 23.9. The first-order valence-electron chi connectivity index (χ1n) is 9.71. The Kier molecular flexibility index (Phi) is 4.08. The molecule has 1 atom stereocenters. The van der Waals surface area contributed by atoms with E-state index < -0.39 is 5.54 Å². The Morgan fingerprint density at radius 2 is 2.11 bits per heavy atom. The quantitative estimate of drug-likeness (QED) is 0.826. The predicted octanol–water partition coefficient (Wildman–Crippen LogP) is 0.945. The first-order valence-corrected chi connectivity index (χ1v) is 9.71. The number of nitrogens with zero attached hydrogens (tertiary/aromatic N) is 3. The van der Waals surface area contributed by atoms with E-state index in [1.54, 1.807) is 4.90 Å². The lowest BCUT2D eigenvalue weighted by atomic mass is 9.88. The Balaban J connectivity index is 1.42. The third kappa shape index (κ3) is 2.75. The SMILES string of the molecule is O=C(c1n[nH]c2c1CCNC2)N1CCN2C(=O)OCC2(Cc2ccccc2)C1. The molecule has 146 valence electrons. The summed E-state index contributed by atoms with van der Waals surface area (Å²) in [6.07, 6.45) is 1.17. The van der Waals surface area contributed by atoms with Crippen molar-refractivity contribution < 1.29 is 14.3 Å². The molecular formula is C20H23N5O3. The van der Waals surface area contributed by atoms with Crippen molar-refractivity contribution >= 4 is 12.0 Å². The molecule has 2 N–H and O–H groups in total. The number of benzene rings is 1. The van der Waals surface area contributed by atoms with Gasteiger partial charge in [-0.3, -0.25) is 14.8 Å². The van der Waals surface area contributed by atoms with Crippen LogP contribution in [0.1, 0.15) is 27.3 Å². The van der Waals surface area contributed by atoms with E-state index in [9.17, 15) is 9.59 Å². The fraction of sp³-hybridized carbons (Fsp3) is 0.450. The van der Waals surface area contributed by atoms with Crippen LogP contribution in [-0.2, 0) is 24.1 Å². The molecule has 8 nitrogen and oxygen atoms in total. The number of hydrogen-bond donors (Lipinski definition) is 2. The number of fused-ring (bicyclic) bond motifs is 2. The van der Waals surface area contributed by atoms with E-state index in [4.69, 9.17) is 4.74 Å². The Labute approximate surface area is 162 Å². The van der Waals surface area contributed by atoms with Crippen molar-refractivity contribution in [3.63, 3.8) is 0 Å². The van der Waals surface area contributed by atoms with Crippen molar-refractivity contribution in [1.29, 1.82) is 0 Å². The molecule has 3 aliphatic rings. The molecule has 0 aliphatic carbocycles. The van der Waals surface area contributed by atoms with Gasteiger partial charge in [0, 0.05) is 38.2 Å². The van der Waals surface area contributed by atoms with Crippen molar-refractivity contribution in [3.8, 4) is 0 Å². The molecular weight excluding hydrogens is 358 g/mol. The van der Waals surface area contributed by atoms with E-state index >= 15 is 0 Å². The lowest BCUT2D eigenvalue weighted by Gasteiger charge is -2.44. The molecule has 1 aromatic heterocycles. The number of cyclic esters (lactones) is 1. The number of hydrogen-bond acceptors (Lipinski definition) is 5. The summed E-state index contributed by atoms with van der Waals surface area (Å²) >= 11 is 0. The number of H-pyrrole nitrogens is 1. The van der Waals surface area contributed by atoms with Crippen molar-refractivity contribution in [2.24, 2.45) is 0 Å². The Bertz CT molecular complexity index is 912. The third-order valence-corrected chi connectivity index (χ3v) is 6.01. The van der Waals surface area contributed by atoms with Gasteiger partial charge >= 0.3 is 6.09 Å². The molecule has 2 saturated heterocycles. The second-order valence-electron chi connectivity index (χ2n) is 7.78. The van der Waals surface area contributed by atoms with E-state index in [2.05, 4.69) is 15.5 Å². The van der Waals surface area contributed by atoms with Crippen LogP contribution in [0.25, 0.3) is 0 Å². The lowest BCUT2D eigenvalue weighted by Crippen LogP contribution is -2.63. The van der Waals surface area contributed by atoms with E-state index in [-0.39, 0.29) is 12.0 Å². The second-order valence-corrected chi connectivity index (χ2v) is 7.78. The summed E-state index contributed by atoms with van der Waals surface area (Å²) in [5.74, 6) is -0.0640. The molecule has 1 aromatic carbocycles. The fourth-order valence-corrected chi connectivity index (χ4v) is 4.58. The molecule has 2 fully saturated rings. The first-order chi connectivity index (χ1) is 13.7. The number of aromatic nitrogens is 2. The average Bonchev–Trinajstić information content (AvgIpc) is 3.29. The Morgan fingerprint density at radius 3 is 2.96 bits per heavy atom. The number of ether oxygens (including phenoxy) is 1. The zero-order valence-electron chi connectivity index (χ0n) is 15.6. The minimum absolute atomic E-state index is 0.0640. The van der Waals surface area contributed by atoms with Crippen molar-refractivity contribution in [2.45, 2.75) is 24.9 Å². The van der Waals surface area contributed by atoms with Crippen LogP contribution in [-0.4, -0.2) is 70.3 Å². The van der Waals surface area contributed by atoms with E-state index in [0.29, 0.717) is 44.9 Å². The smallest absolute Gasteiger partial charge is 0.410 e. The van der Waals surface area contributed by atoms with Crippen LogP contribution in [0.15, 0.2) is 30.3 Å². The summed E-state index contributed by atoms with van der Waals surface area (Å²) < 4.78 is 5.40. The maximum absolute atomic E-state index is 13.3. The highest BCUT2D eigenvalue weighted by molar-refractivity contribution is 5.94. The first kappa shape index (κ1) is 17.2. The Hall–Kier alpha value is -2.87. The summed E-state index contributed by atoms with van der Waals surface area (Å²) in [7, 11) is 0. The van der Waals surface area contributed by atoms with Crippen LogP contribution in [0.5, 0.6) is 0 Å². The van der Waals surface area contributed by atoms with Crippen LogP contribution in [0.3, 0.4) is 0 Å². The maximum atomic E-state index is 13.3. The van der Waals surface area contributed by atoms with Crippen molar-refractivity contribution in [3.05, 3.63) is 52.8 Å². The number of piperazine rings is 1. The number of carbonyl (C=O) groups excluding carboxylic acids is 2. The molecule has 8 heteroatoms. The molecule has 3 aliphatic heterocycles. The topological polar surface area (TPSA) is 90.6 Å². The standard InChI is InChI=1S/C20H23N5O3/c26-18(17-15-6-7-21-11-16(15)22-23-17)24-8-9-25-19(27)28-13-20(25,12-24)10-14-4-2-1-3-5-14/h1-5,21H,6-13H2,(H,22,23). The van der Waals surface area contributed by atoms with Gasteiger partial charge in [-0.2, -0.15) is 5.10 Å². The number of aromatic amines is 1. The lowest BCUT2D eigenvalue weighted by molar-refractivity contribution is 0.0370. The van der Waals surface area contributed by atoms with Gasteiger partial charge in [0.2, 0.25) is 0 Å². The Morgan fingerprint density at radius 1 is 1.25 bits per heavy atom. The highest BCUT2D eigenvalue weighted by Gasteiger charge is 2.51. The molecule has 1 unspecified atom stereocenters. The average molecular weight is 381 g/mol. The summed E-state index contributed by atoms with van der Waals surface area (Å²) in [6.45, 7) is 3.28. The number of nitrogens with one attached hydrogen (secondary N) is 2. The third-order valence-electron chi connectivity index (χ3n) is 6.01. The van der Waals surface area contributed by atoms with Gasteiger partial charge in [0.05, 0.1) is 5.69 Å². The molecule has 4 heterocycles. The molecule has 2 amide bonds. The van der Waals surface area contributed by atoms with Crippen LogP contribution in [0, 0.1) is 0 Å². The fourth-order valence-electron chi connectivity index (χ4n) is 4.58. The zero-order valence-corrected chi connectivity index (χ0v) is 15.6. The van der Waals surface area contributed by atoms with Crippen LogP contribution < -0.4 is 5.32 Å². The van der Waals surface area contributed by atoms with Gasteiger partial charge in [-0.25, -0.2) is 4.79 Å². The summed E-state index contributed by atoms with van der Waals surface area (Å²) in [5.41, 5.74) is 3.13. The minimum Gasteiger partial charge on any atom is -0.447 e. The summed E-state index contributed by atoms with van der Waals surface area (Å²) in [5, 5.41) is 10.6. The van der Waals surface area contributed by atoms with Gasteiger partial charge in [-0.1, -0.05) is 30.3 Å². The second kappa shape index (κ2) is 6.63. The molecule has 0 radical (unpaired) electrons. The zero-order chi connectivity index (χ0) is 19.1. The van der Waals surface area contributed by atoms with Crippen LogP contribution >= 0.6 is 0 Å². The molecule has 5 rings (SSSR count). The van der Waals surface area contributed by atoms with E-state index in [1.807, 2.05) is 35.2 Å². The number of carbonyl (C=O) groups is 2. The van der Waals surface area contributed by atoms with Gasteiger partial charge in [-0.15, -0.1) is 0 Å². The monoisotopic (exact) mass is 381 g/mol. The van der Waals surface area contributed by atoms with Gasteiger partial charge in [-0.05, 0) is 18.5 Å². The van der Waals surface area contributed by atoms with Gasteiger partial charge in [0.1, 0.15) is 12.1 Å². The van der Waals surface area contributed by atoms with Gasteiger partial charge in [0.15, 0.2) is 5.69 Å². The minimum atomic E-state index is -0.524. The van der Waals surface area contributed by atoms with Crippen LogP contribution in [0.2, 0.25) is 0 Å².